The van der Waals surface area contributed by atoms with E-state index < -0.39 is 0 Å². The Morgan fingerprint density at radius 2 is 2.15 bits per heavy atom. The number of hydrogen-bond donors (Lipinski definition) is 2. The van der Waals surface area contributed by atoms with Crippen LogP contribution in [0.1, 0.15) is 30.3 Å². The second kappa shape index (κ2) is 7.22. The number of hydrogen-bond acceptors (Lipinski definition) is 3. The molecule has 106 valence electrons. The number of benzene rings is 1. The first-order chi connectivity index (χ1) is 9.65. The van der Waals surface area contributed by atoms with Crippen molar-refractivity contribution < 1.29 is 4.79 Å². The Hall–Kier alpha value is -1.65. The summed E-state index contributed by atoms with van der Waals surface area (Å²) in [7, 11) is 0. The van der Waals surface area contributed by atoms with E-state index in [2.05, 4.69) is 41.1 Å². The lowest BCUT2D eigenvalue weighted by atomic mass is 10.1. The van der Waals surface area contributed by atoms with E-state index in [1.807, 2.05) is 18.2 Å². The zero-order chi connectivity index (χ0) is 14.4. The second-order valence-corrected chi connectivity index (χ2v) is 5.84. The molecule has 4 heteroatoms. The maximum Gasteiger partial charge on any atom is 0.221 e. The normalized spacial score (nSPS) is 12.1. The highest BCUT2D eigenvalue weighted by Gasteiger charge is 2.06. The minimum Gasteiger partial charge on any atom is -0.326 e. The summed E-state index contributed by atoms with van der Waals surface area (Å²) in [4.78, 5) is 12.5. The van der Waals surface area contributed by atoms with Crippen molar-refractivity contribution in [2.75, 3.05) is 11.9 Å². The van der Waals surface area contributed by atoms with Gasteiger partial charge in [0.1, 0.15) is 0 Å². The molecule has 1 aromatic carbocycles. The van der Waals surface area contributed by atoms with Crippen LogP contribution in [0, 0.1) is 0 Å². The van der Waals surface area contributed by atoms with Gasteiger partial charge >= 0.3 is 0 Å². The van der Waals surface area contributed by atoms with Crippen LogP contribution in [0.15, 0.2) is 41.8 Å². The first-order valence-corrected chi connectivity index (χ1v) is 7.66. The van der Waals surface area contributed by atoms with E-state index in [9.17, 15) is 4.79 Å². The van der Waals surface area contributed by atoms with E-state index in [1.54, 1.807) is 11.3 Å². The van der Waals surface area contributed by atoms with Gasteiger partial charge < -0.3 is 10.6 Å². The van der Waals surface area contributed by atoms with E-state index in [-0.39, 0.29) is 11.9 Å². The molecule has 1 aromatic heterocycles. The van der Waals surface area contributed by atoms with Gasteiger partial charge in [-0.15, -0.1) is 11.3 Å². The fourth-order valence-electron chi connectivity index (χ4n) is 2.07. The van der Waals surface area contributed by atoms with Gasteiger partial charge in [-0.3, -0.25) is 4.79 Å². The standard InChI is InChI=1S/C16H20N2OS/c1-12(17-9-8-16-7-4-10-20-16)14-5-3-6-15(11-14)18-13(2)19/h3-7,10-12,17H,8-9H2,1-2H3,(H,18,19). The SMILES string of the molecule is CC(=O)Nc1cccc(C(C)NCCc2cccs2)c1. The fourth-order valence-corrected chi connectivity index (χ4v) is 2.78. The number of thiophene rings is 1. The van der Waals surface area contributed by atoms with Crippen molar-refractivity contribution in [2.45, 2.75) is 26.3 Å². The van der Waals surface area contributed by atoms with Crippen molar-refractivity contribution >= 4 is 22.9 Å². The molecule has 2 N–H and O–H groups in total. The summed E-state index contributed by atoms with van der Waals surface area (Å²) in [5.41, 5.74) is 2.03. The van der Waals surface area contributed by atoms with Crippen LogP contribution in [0.5, 0.6) is 0 Å². The van der Waals surface area contributed by atoms with Gasteiger partial charge in [-0.1, -0.05) is 18.2 Å². The van der Waals surface area contributed by atoms with Gasteiger partial charge in [-0.25, -0.2) is 0 Å². The summed E-state index contributed by atoms with van der Waals surface area (Å²) in [6.45, 7) is 4.61. The molecule has 0 aliphatic rings. The second-order valence-electron chi connectivity index (χ2n) is 4.81. The van der Waals surface area contributed by atoms with Crippen LogP contribution >= 0.6 is 11.3 Å². The van der Waals surface area contributed by atoms with Gasteiger partial charge in [-0.05, 0) is 42.5 Å². The predicted octanol–water partition coefficient (Wildman–Crippen LogP) is 3.60. The molecule has 0 saturated heterocycles. The average Bonchev–Trinajstić information content (AvgIpc) is 2.91. The lowest BCUT2D eigenvalue weighted by Crippen LogP contribution is -2.21. The highest BCUT2D eigenvalue weighted by atomic mass is 32.1. The molecule has 2 rings (SSSR count). The highest BCUT2D eigenvalue weighted by Crippen LogP contribution is 2.17. The van der Waals surface area contributed by atoms with Gasteiger partial charge in [0.2, 0.25) is 5.91 Å². The summed E-state index contributed by atoms with van der Waals surface area (Å²) >= 11 is 1.79. The van der Waals surface area contributed by atoms with Crippen LogP contribution in [-0.2, 0) is 11.2 Å². The van der Waals surface area contributed by atoms with Crippen molar-refractivity contribution in [2.24, 2.45) is 0 Å². The van der Waals surface area contributed by atoms with E-state index in [0.29, 0.717) is 0 Å². The van der Waals surface area contributed by atoms with Gasteiger partial charge in [0.05, 0.1) is 0 Å². The van der Waals surface area contributed by atoms with Crippen LogP contribution in [0.25, 0.3) is 0 Å². The number of anilines is 1. The topological polar surface area (TPSA) is 41.1 Å². The number of nitrogens with one attached hydrogen (secondary N) is 2. The maximum atomic E-state index is 11.1. The zero-order valence-electron chi connectivity index (χ0n) is 11.8. The largest absolute Gasteiger partial charge is 0.326 e. The molecular formula is C16H20N2OS. The quantitative estimate of drug-likeness (QED) is 0.852. The lowest BCUT2D eigenvalue weighted by Gasteiger charge is -2.15. The van der Waals surface area contributed by atoms with Gasteiger partial charge in [-0.2, -0.15) is 0 Å². The van der Waals surface area contributed by atoms with E-state index >= 15 is 0 Å². The van der Waals surface area contributed by atoms with Gasteiger partial charge in [0.15, 0.2) is 0 Å². The number of amides is 1. The number of rotatable bonds is 6. The van der Waals surface area contributed by atoms with Crippen molar-refractivity contribution in [3.05, 3.63) is 52.2 Å². The van der Waals surface area contributed by atoms with Gasteiger partial charge in [0, 0.05) is 30.1 Å². The van der Waals surface area contributed by atoms with E-state index in [0.717, 1.165) is 18.7 Å². The summed E-state index contributed by atoms with van der Waals surface area (Å²) < 4.78 is 0. The highest BCUT2D eigenvalue weighted by molar-refractivity contribution is 7.09. The molecule has 0 aliphatic heterocycles. The minimum atomic E-state index is -0.0412. The lowest BCUT2D eigenvalue weighted by molar-refractivity contribution is -0.114. The minimum absolute atomic E-state index is 0.0412. The van der Waals surface area contributed by atoms with Crippen LogP contribution < -0.4 is 10.6 Å². The Morgan fingerprint density at radius 1 is 1.30 bits per heavy atom. The molecule has 0 bridgehead atoms. The molecule has 1 heterocycles. The molecule has 0 aliphatic carbocycles. The molecule has 20 heavy (non-hydrogen) atoms. The predicted molar refractivity (Wildman–Crippen MR) is 85.2 cm³/mol. The van der Waals surface area contributed by atoms with Gasteiger partial charge in [0.25, 0.3) is 0 Å². The molecule has 1 unspecified atom stereocenters. The first-order valence-electron chi connectivity index (χ1n) is 6.78. The number of carbonyl (C=O) groups is 1. The maximum absolute atomic E-state index is 11.1. The Morgan fingerprint density at radius 3 is 2.85 bits per heavy atom. The van der Waals surface area contributed by atoms with Crippen molar-refractivity contribution in [1.82, 2.24) is 5.32 Å². The molecule has 1 amide bonds. The third-order valence-electron chi connectivity index (χ3n) is 3.11. The van der Waals surface area contributed by atoms with Crippen LogP contribution in [0.2, 0.25) is 0 Å². The Labute approximate surface area is 124 Å². The summed E-state index contributed by atoms with van der Waals surface area (Å²) in [6, 6.07) is 12.5. The molecule has 0 radical (unpaired) electrons. The molecular weight excluding hydrogens is 268 g/mol. The summed E-state index contributed by atoms with van der Waals surface area (Å²) in [5, 5.41) is 8.43. The molecule has 0 spiro atoms. The smallest absolute Gasteiger partial charge is 0.221 e. The van der Waals surface area contributed by atoms with Crippen molar-refractivity contribution in [3.63, 3.8) is 0 Å². The van der Waals surface area contributed by atoms with E-state index in [4.69, 9.17) is 0 Å². The third-order valence-corrected chi connectivity index (χ3v) is 4.05. The van der Waals surface area contributed by atoms with Crippen LogP contribution in [-0.4, -0.2) is 12.5 Å². The van der Waals surface area contributed by atoms with Crippen LogP contribution in [0.4, 0.5) is 5.69 Å². The molecule has 0 fully saturated rings. The molecule has 0 saturated carbocycles. The molecule has 3 nitrogen and oxygen atoms in total. The fraction of sp³-hybridized carbons (Fsp3) is 0.312. The van der Waals surface area contributed by atoms with Crippen LogP contribution in [0.3, 0.4) is 0 Å². The van der Waals surface area contributed by atoms with Crippen molar-refractivity contribution in [1.29, 1.82) is 0 Å². The summed E-state index contributed by atoms with van der Waals surface area (Å²) in [5.74, 6) is -0.0412. The monoisotopic (exact) mass is 288 g/mol. The summed E-state index contributed by atoms with van der Waals surface area (Å²) in [6.07, 6.45) is 1.05. The average molecular weight is 288 g/mol. The molecule has 2 aromatic rings. The third kappa shape index (κ3) is 4.47. The van der Waals surface area contributed by atoms with E-state index in [1.165, 1.54) is 17.4 Å². The van der Waals surface area contributed by atoms with Crippen molar-refractivity contribution in [3.8, 4) is 0 Å². The Bertz CT molecular complexity index is 551. The Kier molecular flexibility index (Phi) is 5.32. The number of carbonyl (C=O) groups excluding carboxylic acids is 1. The Balaban J connectivity index is 1.88. The first kappa shape index (κ1) is 14.8. The zero-order valence-corrected chi connectivity index (χ0v) is 12.7. The molecule has 1 atom stereocenters.